The number of nitrogens with one attached hydrogen (secondary N) is 1. The molecule has 1 aliphatic heterocycles. The molecule has 1 heterocycles. The molecule has 1 N–H and O–H groups in total. The van der Waals surface area contributed by atoms with Crippen LogP contribution in [0.15, 0.2) is 54.6 Å². The predicted molar refractivity (Wildman–Crippen MR) is 105 cm³/mol. The largest absolute Gasteiger partial charge is 0.494 e. The fourth-order valence-electron chi connectivity index (χ4n) is 3.33. The smallest absolute Gasteiger partial charge is 0.253 e. The van der Waals surface area contributed by atoms with Crippen LogP contribution < -0.4 is 10.1 Å². The van der Waals surface area contributed by atoms with Crippen LogP contribution in [0.1, 0.15) is 35.7 Å². The SMILES string of the molecule is CCOc1ccc(C(=O)N2CCC(NC(=O)Cc3ccccc3)CC2)cc1. The average molecular weight is 366 g/mol. The minimum absolute atomic E-state index is 0.0344. The normalized spacial score (nSPS) is 14.6. The standard InChI is InChI=1S/C22H26N2O3/c1-2-27-20-10-8-18(9-11-20)22(26)24-14-12-19(13-15-24)23-21(25)16-17-6-4-3-5-7-17/h3-11,19H,2,12-16H2,1H3,(H,23,25). The molecule has 0 saturated carbocycles. The molecule has 0 atom stereocenters. The number of ether oxygens (including phenoxy) is 1. The van der Waals surface area contributed by atoms with E-state index in [0.717, 1.165) is 24.2 Å². The maximum Gasteiger partial charge on any atom is 0.253 e. The second-order valence-electron chi connectivity index (χ2n) is 6.75. The minimum atomic E-state index is 0.0344. The summed E-state index contributed by atoms with van der Waals surface area (Å²) in [4.78, 5) is 26.7. The highest BCUT2D eigenvalue weighted by atomic mass is 16.5. The molecule has 27 heavy (non-hydrogen) atoms. The first-order valence-corrected chi connectivity index (χ1v) is 9.51. The zero-order valence-electron chi connectivity index (χ0n) is 15.7. The molecule has 0 aliphatic carbocycles. The Labute approximate surface area is 160 Å². The van der Waals surface area contributed by atoms with E-state index in [2.05, 4.69) is 5.32 Å². The van der Waals surface area contributed by atoms with Crippen LogP contribution in [0.4, 0.5) is 0 Å². The number of amides is 2. The summed E-state index contributed by atoms with van der Waals surface area (Å²) in [5.74, 6) is 0.846. The molecule has 1 saturated heterocycles. The first kappa shape index (κ1) is 19.0. The Bertz CT molecular complexity index is 751. The quantitative estimate of drug-likeness (QED) is 0.855. The maximum absolute atomic E-state index is 12.6. The van der Waals surface area contributed by atoms with Crippen molar-refractivity contribution in [1.29, 1.82) is 0 Å². The molecular formula is C22H26N2O3. The molecule has 0 aromatic heterocycles. The topological polar surface area (TPSA) is 58.6 Å². The van der Waals surface area contributed by atoms with Crippen molar-refractivity contribution in [3.05, 3.63) is 65.7 Å². The van der Waals surface area contributed by atoms with Gasteiger partial charge in [0.1, 0.15) is 5.75 Å². The van der Waals surface area contributed by atoms with E-state index in [-0.39, 0.29) is 17.9 Å². The summed E-state index contributed by atoms with van der Waals surface area (Å²) < 4.78 is 5.41. The first-order chi connectivity index (χ1) is 13.2. The van der Waals surface area contributed by atoms with Gasteiger partial charge in [0.2, 0.25) is 5.91 Å². The molecule has 2 amide bonds. The van der Waals surface area contributed by atoms with Gasteiger partial charge in [-0.15, -0.1) is 0 Å². The number of rotatable bonds is 6. The van der Waals surface area contributed by atoms with E-state index in [9.17, 15) is 9.59 Å². The summed E-state index contributed by atoms with van der Waals surface area (Å²) in [5, 5.41) is 3.09. The van der Waals surface area contributed by atoms with E-state index >= 15 is 0 Å². The first-order valence-electron chi connectivity index (χ1n) is 9.51. The van der Waals surface area contributed by atoms with E-state index in [0.29, 0.717) is 31.7 Å². The van der Waals surface area contributed by atoms with Crippen molar-refractivity contribution in [3.8, 4) is 5.75 Å². The van der Waals surface area contributed by atoms with Crippen LogP contribution in [0.25, 0.3) is 0 Å². The van der Waals surface area contributed by atoms with Gasteiger partial charge in [-0.05, 0) is 49.6 Å². The highest BCUT2D eigenvalue weighted by molar-refractivity contribution is 5.94. The summed E-state index contributed by atoms with van der Waals surface area (Å²) in [6.45, 7) is 3.85. The Balaban J connectivity index is 1.46. The highest BCUT2D eigenvalue weighted by Crippen LogP contribution is 2.17. The molecule has 3 rings (SSSR count). The molecule has 0 bridgehead atoms. The summed E-state index contributed by atoms with van der Waals surface area (Å²) in [7, 11) is 0. The van der Waals surface area contributed by atoms with Gasteiger partial charge in [-0.25, -0.2) is 0 Å². The lowest BCUT2D eigenvalue weighted by Gasteiger charge is -2.32. The van der Waals surface area contributed by atoms with Crippen LogP contribution >= 0.6 is 0 Å². The van der Waals surface area contributed by atoms with Crippen LogP contribution in [0.2, 0.25) is 0 Å². The Morgan fingerprint density at radius 3 is 2.33 bits per heavy atom. The second kappa shape index (κ2) is 9.21. The molecule has 2 aromatic carbocycles. The van der Waals surface area contributed by atoms with Gasteiger partial charge in [0, 0.05) is 24.7 Å². The third kappa shape index (κ3) is 5.33. The molecule has 5 heteroatoms. The second-order valence-corrected chi connectivity index (χ2v) is 6.75. The molecule has 1 fully saturated rings. The van der Waals surface area contributed by atoms with Gasteiger partial charge in [0.15, 0.2) is 0 Å². The van der Waals surface area contributed by atoms with Gasteiger partial charge in [-0.2, -0.15) is 0 Å². The third-order valence-corrected chi connectivity index (χ3v) is 4.77. The lowest BCUT2D eigenvalue weighted by Crippen LogP contribution is -2.46. The van der Waals surface area contributed by atoms with Crippen molar-refractivity contribution in [1.82, 2.24) is 10.2 Å². The van der Waals surface area contributed by atoms with Gasteiger partial charge >= 0.3 is 0 Å². The number of hydrogen-bond donors (Lipinski definition) is 1. The van der Waals surface area contributed by atoms with Crippen LogP contribution in [0, 0.1) is 0 Å². The molecule has 5 nitrogen and oxygen atoms in total. The van der Waals surface area contributed by atoms with E-state index in [4.69, 9.17) is 4.74 Å². The number of nitrogens with zero attached hydrogens (tertiary/aromatic N) is 1. The average Bonchev–Trinajstić information content (AvgIpc) is 2.69. The van der Waals surface area contributed by atoms with Crippen LogP contribution in [0.3, 0.4) is 0 Å². The van der Waals surface area contributed by atoms with Crippen LogP contribution in [-0.4, -0.2) is 42.5 Å². The van der Waals surface area contributed by atoms with Crippen LogP contribution in [-0.2, 0) is 11.2 Å². The summed E-state index contributed by atoms with van der Waals surface area (Å²) in [6, 6.07) is 17.1. The molecule has 0 unspecified atom stereocenters. The van der Waals surface area contributed by atoms with Gasteiger partial charge < -0.3 is 15.0 Å². The third-order valence-electron chi connectivity index (χ3n) is 4.77. The van der Waals surface area contributed by atoms with Gasteiger partial charge in [0.05, 0.1) is 13.0 Å². The number of piperidine rings is 1. The number of hydrogen-bond acceptors (Lipinski definition) is 3. The number of benzene rings is 2. The summed E-state index contributed by atoms with van der Waals surface area (Å²) >= 11 is 0. The van der Waals surface area contributed by atoms with E-state index < -0.39 is 0 Å². The number of carbonyl (C=O) groups excluding carboxylic acids is 2. The van der Waals surface area contributed by atoms with Gasteiger partial charge in [-0.1, -0.05) is 30.3 Å². The predicted octanol–water partition coefficient (Wildman–Crippen LogP) is 3.05. The summed E-state index contributed by atoms with van der Waals surface area (Å²) in [5.41, 5.74) is 1.68. The zero-order chi connectivity index (χ0) is 19.1. The Morgan fingerprint density at radius 2 is 1.70 bits per heavy atom. The summed E-state index contributed by atoms with van der Waals surface area (Å²) in [6.07, 6.45) is 1.96. The fourth-order valence-corrected chi connectivity index (χ4v) is 3.33. The van der Waals surface area contributed by atoms with Crippen molar-refractivity contribution in [2.24, 2.45) is 0 Å². The number of carbonyl (C=O) groups is 2. The number of likely N-dealkylation sites (tertiary alicyclic amines) is 1. The van der Waals surface area contributed by atoms with E-state index in [1.54, 1.807) is 12.1 Å². The maximum atomic E-state index is 12.6. The van der Waals surface area contributed by atoms with Crippen molar-refractivity contribution in [2.75, 3.05) is 19.7 Å². The van der Waals surface area contributed by atoms with E-state index in [1.807, 2.05) is 54.3 Å². The molecule has 142 valence electrons. The highest BCUT2D eigenvalue weighted by Gasteiger charge is 2.24. The monoisotopic (exact) mass is 366 g/mol. The van der Waals surface area contributed by atoms with Crippen molar-refractivity contribution < 1.29 is 14.3 Å². The lowest BCUT2D eigenvalue weighted by molar-refractivity contribution is -0.121. The van der Waals surface area contributed by atoms with Gasteiger partial charge in [0.25, 0.3) is 5.91 Å². The Morgan fingerprint density at radius 1 is 1.04 bits per heavy atom. The van der Waals surface area contributed by atoms with Crippen molar-refractivity contribution in [2.45, 2.75) is 32.2 Å². The molecular weight excluding hydrogens is 340 g/mol. The minimum Gasteiger partial charge on any atom is -0.494 e. The molecule has 0 radical (unpaired) electrons. The fraction of sp³-hybridized carbons (Fsp3) is 0.364. The Hall–Kier alpha value is -2.82. The van der Waals surface area contributed by atoms with Crippen LogP contribution in [0.5, 0.6) is 5.75 Å². The Kier molecular flexibility index (Phi) is 6.47. The molecule has 0 spiro atoms. The van der Waals surface area contributed by atoms with E-state index in [1.165, 1.54) is 0 Å². The van der Waals surface area contributed by atoms with Crippen molar-refractivity contribution in [3.63, 3.8) is 0 Å². The lowest BCUT2D eigenvalue weighted by atomic mass is 10.0. The van der Waals surface area contributed by atoms with Gasteiger partial charge in [-0.3, -0.25) is 9.59 Å². The zero-order valence-corrected chi connectivity index (χ0v) is 15.7. The van der Waals surface area contributed by atoms with Crippen molar-refractivity contribution >= 4 is 11.8 Å². The molecule has 2 aromatic rings. The molecule has 1 aliphatic rings.